The van der Waals surface area contributed by atoms with Gasteiger partial charge in [0.25, 0.3) is 5.69 Å². The largest absolute Gasteiger partial charge is 0.274 e. The van der Waals surface area contributed by atoms with Crippen molar-refractivity contribution in [3.63, 3.8) is 0 Å². The minimum atomic E-state index is -3.43. The number of nitro groups is 1. The zero-order valence-corrected chi connectivity index (χ0v) is 11.0. The van der Waals surface area contributed by atoms with Crippen molar-refractivity contribution < 1.29 is 13.3 Å². The Hall–Kier alpha value is -1.43. The minimum absolute atomic E-state index is 0.0304. The van der Waals surface area contributed by atoms with Crippen molar-refractivity contribution in [3.05, 3.63) is 33.9 Å². The SMILES string of the molecule is CC(C)(C)c1ccc(S(C)(=O)=O)cc1[N+](=O)[O-]. The van der Waals surface area contributed by atoms with Crippen molar-refractivity contribution in [2.24, 2.45) is 0 Å². The van der Waals surface area contributed by atoms with E-state index in [2.05, 4.69) is 0 Å². The fourth-order valence-corrected chi connectivity index (χ4v) is 2.17. The van der Waals surface area contributed by atoms with Crippen LogP contribution in [0.25, 0.3) is 0 Å². The van der Waals surface area contributed by atoms with Crippen molar-refractivity contribution in [2.75, 3.05) is 6.26 Å². The number of rotatable bonds is 2. The van der Waals surface area contributed by atoms with E-state index in [0.717, 1.165) is 12.3 Å². The lowest BCUT2D eigenvalue weighted by molar-refractivity contribution is -0.386. The van der Waals surface area contributed by atoms with Gasteiger partial charge >= 0.3 is 0 Å². The highest BCUT2D eigenvalue weighted by Gasteiger charge is 2.26. The monoisotopic (exact) mass is 257 g/mol. The Balaban J connectivity index is 3.54. The van der Waals surface area contributed by atoms with Gasteiger partial charge in [-0.05, 0) is 11.5 Å². The predicted octanol–water partition coefficient (Wildman–Crippen LogP) is 2.30. The van der Waals surface area contributed by atoms with E-state index in [1.54, 1.807) is 0 Å². The summed E-state index contributed by atoms with van der Waals surface area (Å²) in [6.45, 7) is 5.53. The van der Waals surface area contributed by atoms with Crippen LogP contribution in [0.4, 0.5) is 5.69 Å². The van der Waals surface area contributed by atoms with Crippen molar-refractivity contribution in [1.82, 2.24) is 0 Å². The van der Waals surface area contributed by atoms with Gasteiger partial charge in [0.05, 0.1) is 9.82 Å². The average molecular weight is 257 g/mol. The highest BCUT2D eigenvalue weighted by Crippen LogP contribution is 2.32. The molecule has 0 saturated heterocycles. The molecule has 0 aliphatic rings. The first kappa shape index (κ1) is 13.6. The molecule has 0 aliphatic heterocycles. The standard InChI is InChI=1S/C11H15NO4S/c1-11(2,3)9-6-5-8(17(4,15)16)7-10(9)12(13)14/h5-7H,1-4H3. The van der Waals surface area contributed by atoms with Gasteiger partial charge in [-0.1, -0.05) is 26.8 Å². The van der Waals surface area contributed by atoms with Crippen LogP contribution in [0.5, 0.6) is 0 Å². The second-order valence-corrected chi connectivity index (χ2v) is 6.97. The second-order valence-electron chi connectivity index (χ2n) is 4.96. The van der Waals surface area contributed by atoms with E-state index in [-0.39, 0.29) is 10.6 Å². The van der Waals surface area contributed by atoms with Gasteiger partial charge in [-0.2, -0.15) is 0 Å². The lowest BCUT2D eigenvalue weighted by Crippen LogP contribution is -2.14. The summed E-state index contributed by atoms with van der Waals surface area (Å²) < 4.78 is 22.7. The maximum absolute atomic E-state index is 11.3. The van der Waals surface area contributed by atoms with Crippen molar-refractivity contribution in [1.29, 1.82) is 0 Å². The average Bonchev–Trinajstić information content (AvgIpc) is 2.14. The molecule has 0 amide bonds. The van der Waals surface area contributed by atoms with Crippen LogP contribution in [-0.4, -0.2) is 19.6 Å². The van der Waals surface area contributed by atoms with Crippen molar-refractivity contribution in [2.45, 2.75) is 31.1 Å². The van der Waals surface area contributed by atoms with Gasteiger partial charge in [-0.25, -0.2) is 8.42 Å². The first-order valence-electron chi connectivity index (χ1n) is 5.02. The van der Waals surface area contributed by atoms with E-state index < -0.39 is 20.2 Å². The third kappa shape index (κ3) is 3.03. The zero-order chi connectivity index (χ0) is 13.4. The molecule has 0 N–H and O–H groups in total. The Kier molecular flexibility index (Phi) is 3.29. The molecule has 0 aliphatic carbocycles. The van der Waals surface area contributed by atoms with E-state index >= 15 is 0 Å². The molecule has 94 valence electrons. The maximum Gasteiger partial charge on any atom is 0.274 e. The predicted molar refractivity (Wildman–Crippen MR) is 64.9 cm³/mol. The Morgan fingerprint density at radius 3 is 2.12 bits per heavy atom. The lowest BCUT2D eigenvalue weighted by Gasteiger charge is -2.19. The first-order chi connectivity index (χ1) is 7.53. The van der Waals surface area contributed by atoms with Crippen molar-refractivity contribution >= 4 is 15.5 Å². The molecule has 0 fully saturated rings. The molecule has 6 heteroatoms. The van der Waals surface area contributed by atoms with Crippen LogP contribution < -0.4 is 0 Å². The molecule has 1 aromatic rings. The summed E-state index contributed by atoms with van der Waals surface area (Å²) in [5.74, 6) is 0. The lowest BCUT2D eigenvalue weighted by atomic mass is 9.86. The second kappa shape index (κ2) is 4.10. The number of hydrogen-bond donors (Lipinski definition) is 0. The fraction of sp³-hybridized carbons (Fsp3) is 0.455. The summed E-state index contributed by atoms with van der Waals surface area (Å²) in [5, 5.41) is 11.0. The van der Waals surface area contributed by atoms with Crippen LogP contribution in [0, 0.1) is 10.1 Å². The molecule has 0 saturated carbocycles. The number of nitro benzene ring substituents is 1. The summed E-state index contributed by atoms with van der Waals surface area (Å²) in [5.41, 5.74) is -0.0337. The van der Waals surface area contributed by atoms with Gasteiger partial charge in [0.2, 0.25) is 0 Å². The Morgan fingerprint density at radius 1 is 1.24 bits per heavy atom. The summed E-state index contributed by atoms with van der Waals surface area (Å²) >= 11 is 0. The number of benzene rings is 1. The van der Waals surface area contributed by atoms with Crippen LogP contribution in [0.2, 0.25) is 0 Å². The van der Waals surface area contributed by atoms with Gasteiger partial charge in [0, 0.05) is 17.9 Å². The van der Waals surface area contributed by atoms with E-state index in [1.807, 2.05) is 20.8 Å². The van der Waals surface area contributed by atoms with Gasteiger partial charge in [0.15, 0.2) is 9.84 Å². The highest BCUT2D eigenvalue weighted by atomic mass is 32.2. The van der Waals surface area contributed by atoms with Gasteiger partial charge in [0.1, 0.15) is 0 Å². The first-order valence-corrected chi connectivity index (χ1v) is 6.91. The van der Waals surface area contributed by atoms with Crippen LogP contribution in [0.3, 0.4) is 0 Å². The Labute approximate surface area is 101 Å². The Morgan fingerprint density at radius 2 is 1.76 bits per heavy atom. The summed E-state index contributed by atoms with van der Waals surface area (Å²) in [4.78, 5) is 10.4. The molecule has 1 rings (SSSR count). The molecule has 0 bridgehead atoms. The zero-order valence-electron chi connectivity index (χ0n) is 10.2. The molecule has 0 aromatic heterocycles. The summed E-state index contributed by atoms with van der Waals surface area (Å²) in [7, 11) is -3.43. The van der Waals surface area contributed by atoms with Crippen LogP contribution in [-0.2, 0) is 15.3 Å². The van der Waals surface area contributed by atoms with Crippen LogP contribution in [0.1, 0.15) is 26.3 Å². The number of nitrogens with zero attached hydrogens (tertiary/aromatic N) is 1. The maximum atomic E-state index is 11.3. The highest BCUT2D eigenvalue weighted by molar-refractivity contribution is 7.90. The smallest absolute Gasteiger partial charge is 0.258 e. The third-order valence-electron chi connectivity index (χ3n) is 2.40. The molecule has 0 spiro atoms. The molecule has 0 heterocycles. The molecule has 1 aromatic carbocycles. The third-order valence-corrected chi connectivity index (χ3v) is 3.51. The molecule has 17 heavy (non-hydrogen) atoms. The molecule has 0 unspecified atom stereocenters. The minimum Gasteiger partial charge on any atom is -0.258 e. The molecule has 5 nitrogen and oxygen atoms in total. The van der Waals surface area contributed by atoms with Gasteiger partial charge in [-0.3, -0.25) is 10.1 Å². The van der Waals surface area contributed by atoms with Crippen LogP contribution >= 0.6 is 0 Å². The molecular weight excluding hydrogens is 242 g/mol. The Bertz CT molecular complexity index is 555. The fourth-order valence-electron chi connectivity index (χ4n) is 1.53. The number of hydrogen-bond acceptors (Lipinski definition) is 4. The van der Waals surface area contributed by atoms with E-state index in [1.165, 1.54) is 12.1 Å². The van der Waals surface area contributed by atoms with E-state index in [9.17, 15) is 18.5 Å². The quantitative estimate of drug-likeness (QED) is 0.601. The van der Waals surface area contributed by atoms with Crippen molar-refractivity contribution in [3.8, 4) is 0 Å². The summed E-state index contributed by atoms with van der Waals surface area (Å²) in [6.07, 6.45) is 1.03. The summed E-state index contributed by atoms with van der Waals surface area (Å²) in [6, 6.07) is 4.04. The molecular formula is C11H15NO4S. The van der Waals surface area contributed by atoms with Crippen LogP contribution in [0.15, 0.2) is 23.1 Å². The molecule has 0 radical (unpaired) electrons. The van der Waals surface area contributed by atoms with Gasteiger partial charge < -0.3 is 0 Å². The van der Waals surface area contributed by atoms with E-state index in [4.69, 9.17) is 0 Å². The number of sulfone groups is 1. The topological polar surface area (TPSA) is 77.3 Å². The van der Waals surface area contributed by atoms with E-state index in [0.29, 0.717) is 5.56 Å². The molecule has 0 atom stereocenters. The normalized spacial score (nSPS) is 12.5. The van der Waals surface area contributed by atoms with Gasteiger partial charge in [-0.15, -0.1) is 0 Å².